The molecule has 0 spiro atoms. The Bertz CT molecular complexity index is 445. The Hall–Kier alpha value is -1.49. The largest absolute Gasteiger partial charge is 0.396 e. The molecule has 2 aromatic heterocycles. The number of hydrogen-bond acceptors (Lipinski definition) is 3. The summed E-state index contributed by atoms with van der Waals surface area (Å²) in [6.07, 6.45) is 5.45. The number of nitrogens with zero attached hydrogens (tertiary/aromatic N) is 4. The quantitative estimate of drug-likeness (QED) is 0.832. The number of aromatic nitrogens is 4. The molecule has 15 heavy (non-hydrogen) atoms. The molecule has 0 aliphatic carbocycles. The number of halogens is 1. The molecule has 0 bridgehead atoms. The van der Waals surface area contributed by atoms with Crippen LogP contribution in [0.25, 0.3) is 0 Å². The van der Waals surface area contributed by atoms with Gasteiger partial charge >= 0.3 is 0 Å². The van der Waals surface area contributed by atoms with E-state index in [9.17, 15) is 0 Å². The highest BCUT2D eigenvalue weighted by molar-refractivity contribution is 5.85. The second kappa shape index (κ2) is 4.35. The summed E-state index contributed by atoms with van der Waals surface area (Å²) in [7, 11) is 1.91. The predicted molar refractivity (Wildman–Crippen MR) is 60.9 cm³/mol. The highest BCUT2D eigenvalue weighted by atomic mass is 35.5. The molecule has 2 heterocycles. The topological polar surface area (TPSA) is 61.7 Å². The smallest absolute Gasteiger partial charge is 0.0719 e. The number of hydrogen-bond donors (Lipinski definition) is 1. The summed E-state index contributed by atoms with van der Waals surface area (Å²) < 4.78 is 3.61. The Balaban J connectivity index is 0.00000112. The van der Waals surface area contributed by atoms with Crippen molar-refractivity contribution in [3.8, 4) is 0 Å². The second-order valence-electron chi connectivity index (χ2n) is 3.38. The van der Waals surface area contributed by atoms with Crippen LogP contribution in [-0.4, -0.2) is 19.6 Å². The number of rotatable bonds is 2. The molecule has 6 heteroatoms. The summed E-state index contributed by atoms with van der Waals surface area (Å²) in [5.41, 5.74) is 8.45. The van der Waals surface area contributed by atoms with Gasteiger partial charge in [-0.3, -0.25) is 9.36 Å². The maximum atomic E-state index is 5.57. The Kier molecular flexibility index (Phi) is 3.36. The molecule has 0 atom stereocenters. The van der Waals surface area contributed by atoms with Gasteiger partial charge in [0.2, 0.25) is 0 Å². The lowest BCUT2D eigenvalue weighted by atomic mass is 10.3. The van der Waals surface area contributed by atoms with Crippen molar-refractivity contribution in [2.24, 2.45) is 7.05 Å². The normalized spacial score (nSPS) is 10.0. The van der Waals surface area contributed by atoms with E-state index in [1.54, 1.807) is 15.6 Å². The van der Waals surface area contributed by atoms with E-state index in [0.717, 1.165) is 17.8 Å². The molecule has 2 N–H and O–H groups in total. The maximum absolute atomic E-state index is 5.57. The van der Waals surface area contributed by atoms with Crippen LogP contribution in [0.1, 0.15) is 11.3 Å². The fraction of sp³-hybridized carbons (Fsp3) is 0.333. The molecule has 0 amide bonds. The van der Waals surface area contributed by atoms with Crippen LogP contribution in [0.2, 0.25) is 0 Å². The molecule has 0 unspecified atom stereocenters. The van der Waals surface area contributed by atoms with Crippen LogP contribution in [0.5, 0.6) is 0 Å². The van der Waals surface area contributed by atoms with E-state index in [1.165, 1.54) is 0 Å². The molecule has 0 aromatic carbocycles. The first kappa shape index (κ1) is 11.6. The van der Waals surface area contributed by atoms with Crippen LogP contribution < -0.4 is 5.73 Å². The SMILES string of the molecule is Cc1nn(C)cc1Cn1cc(N)cn1.Cl. The lowest BCUT2D eigenvalue weighted by Crippen LogP contribution is -2.00. The van der Waals surface area contributed by atoms with E-state index in [0.29, 0.717) is 5.69 Å². The minimum absolute atomic E-state index is 0. The van der Waals surface area contributed by atoms with E-state index in [-0.39, 0.29) is 12.4 Å². The van der Waals surface area contributed by atoms with Crippen molar-refractivity contribution < 1.29 is 0 Å². The molecular formula is C9H14ClN5. The summed E-state index contributed by atoms with van der Waals surface area (Å²) in [5, 5.41) is 8.37. The third-order valence-corrected chi connectivity index (χ3v) is 2.10. The van der Waals surface area contributed by atoms with Crippen molar-refractivity contribution in [2.75, 3.05) is 5.73 Å². The first-order valence-corrected chi connectivity index (χ1v) is 4.42. The number of anilines is 1. The van der Waals surface area contributed by atoms with E-state index in [4.69, 9.17) is 5.73 Å². The fourth-order valence-electron chi connectivity index (χ4n) is 1.44. The monoisotopic (exact) mass is 227 g/mol. The third-order valence-electron chi connectivity index (χ3n) is 2.10. The molecule has 0 radical (unpaired) electrons. The zero-order valence-corrected chi connectivity index (χ0v) is 9.53. The lowest BCUT2D eigenvalue weighted by Gasteiger charge is -1.98. The Morgan fingerprint density at radius 1 is 1.40 bits per heavy atom. The van der Waals surface area contributed by atoms with Crippen molar-refractivity contribution in [1.82, 2.24) is 19.6 Å². The van der Waals surface area contributed by atoms with E-state index in [1.807, 2.05) is 26.4 Å². The minimum atomic E-state index is 0. The van der Waals surface area contributed by atoms with E-state index < -0.39 is 0 Å². The average Bonchev–Trinajstić information content (AvgIpc) is 2.61. The fourth-order valence-corrected chi connectivity index (χ4v) is 1.44. The standard InChI is InChI=1S/C9H13N5.ClH/c1-7-8(4-13(2)12-7)5-14-6-9(10)3-11-14;/h3-4,6H,5,10H2,1-2H3;1H. The first-order chi connectivity index (χ1) is 6.65. The molecule has 0 aliphatic rings. The van der Waals surface area contributed by atoms with Gasteiger partial charge in [0.15, 0.2) is 0 Å². The van der Waals surface area contributed by atoms with Gasteiger partial charge in [-0.05, 0) is 6.92 Å². The molecule has 5 nitrogen and oxygen atoms in total. The van der Waals surface area contributed by atoms with Crippen molar-refractivity contribution in [1.29, 1.82) is 0 Å². The van der Waals surface area contributed by atoms with Gasteiger partial charge < -0.3 is 5.73 Å². The Morgan fingerprint density at radius 2 is 2.13 bits per heavy atom. The Labute approximate surface area is 94.3 Å². The molecule has 0 aliphatic heterocycles. The molecule has 0 saturated heterocycles. The second-order valence-corrected chi connectivity index (χ2v) is 3.38. The third kappa shape index (κ3) is 2.50. The molecule has 2 rings (SSSR count). The van der Waals surface area contributed by atoms with Crippen LogP contribution in [0.3, 0.4) is 0 Å². The highest BCUT2D eigenvalue weighted by Crippen LogP contribution is 2.07. The van der Waals surface area contributed by atoms with Gasteiger partial charge in [0.05, 0.1) is 24.1 Å². The zero-order chi connectivity index (χ0) is 10.1. The van der Waals surface area contributed by atoms with Gasteiger partial charge in [-0.15, -0.1) is 12.4 Å². The molecular weight excluding hydrogens is 214 g/mol. The summed E-state index contributed by atoms with van der Waals surface area (Å²) in [6, 6.07) is 0. The minimum Gasteiger partial charge on any atom is -0.396 e. The van der Waals surface area contributed by atoms with Gasteiger partial charge in [-0.2, -0.15) is 10.2 Å². The molecule has 2 aromatic rings. The van der Waals surface area contributed by atoms with Gasteiger partial charge in [-0.1, -0.05) is 0 Å². The van der Waals surface area contributed by atoms with Crippen molar-refractivity contribution in [3.05, 3.63) is 29.8 Å². The highest BCUT2D eigenvalue weighted by Gasteiger charge is 2.04. The summed E-state index contributed by atoms with van der Waals surface area (Å²) in [6.45, 7) is 2.71. The number of nitrogens with two attached hydrogens (primary N) is 1. The summed E-state index contributed by atoms with van der Waals surface area (Å²) in [4.78, 5) is 0. The summed E-state index contributed by atoms with van der Waals surface area (Å²) in [5.74, 6) is 0. The number of aryl methyl sites for hydroxylation is 2. The first-order valence-electron chi connectivity index (χ1n) is 4.42. The van der Waals surface area contributed by atoms with Crippen molar-refractivity contribution in [2.45, 2.75) is 13.5 Å². The van der Waals surface area contributed by atoms with Crippen LogP contribution in [0.15, 0.2) is 18.6 Å². The Morgan fingerprint density at radius 3 is 2.60 bits per heavy atom. The zero-order valence-electron chi connectivity index (χ0n) is 8.71. The predicted octanol–water partition coefficient (Wildman–Crippen LogP) is 0.977. The van der Waals surface area contributed by atoms with Crippen molar-refractivity contribution >= 4 is 18.1 Å². The summed E-state index contributed by atoms with van der Waals surface area (Å²) >= 11 is 0. The van der Waals surface area contributed by atoms with Gasteiger partial charge in [-0.25, -0.2) is 0 Å². The van der Waals surface area contributed by atoms with E-state index in [2.05, 4.69) is 10.2 Å². The van der Waals surface area contributed by atoms with E-state index >= 15 is 0 Å². The van der Waals surface area contributed by atoms with Gasteiger partial charge in [0, 0.05) is 25.0 Å². The molecule has 82 valence electrons. The van der Waals surface area contributed by atoms with Crippen LogP contribution in [0, 0.1) is 6.92 Å². The molecule has 0 saturated carbocycles. The van der Waals surface area contributed by atoms with Crippen LogP contribution in [-0.2, 0) is 13.6 Å². The van der Waals surface area contributed by atoms with Crippen LogP contribution in [0.4, 0.5) is 5.69 Å². The van der Waals surface area contributed by atoms with Gasteiger partial charge in [0.25, 0.3) is 0 Å². The lowest BCUT2D eigenvalue weighted by molar-refractivity contribution is 0.683. The van der Waals surface area contributed by atoms with Gasteiger partial charge in [0.1, 0.15) is 0 Å². The average molecular weight is 228 g/mol. The van der Waals surface area contributed by atoms with Crippen molar-refractivity contribution in [3.63, 3.8) is 0 Å². The van der Waals surface area contributed by atoms with Crippen LogP contribution >= 0.6 is 12.4 Å². The maximum Gasteiger partial charge on any atom is 0.0719 e. The number of nitrogen functional groups attached to an aromatic ring is 1. The molecule has 0 fully saturated rings.